The first kappa shape index (κ1) is 12.0. The third-order valence-electron chi connectivity index (χ3n) is 1.95. The lowest BCUT2D eigenvalue weighted by atomic mass is 10.1. The first-order chi connectivity index (χ1) is 7.60. The van der Waals surface area contributed by atoms with Crippen LogP contribution in [0.25, 0.3) is 6.08 Å². The number of quaternary nitrogens is 1. The SMILES string of the molecule is COc1c(O)ccc(/C=C/C(=O)O)c1[NH2+]O. The minimum atomic E-state index is -1.10. The summed E-state index contributed by atoms with van der Waals surface area (Å²) in [6.45, 7) is 0. The molecule has 0 radical (unpaired) electrons. The van der Waals surface area contributed by atoms with Crippen LogP contribution in [-0.2, 0) is 4.79 Å². The molecule has 0 aliphatic heterocycles. The maximum atomic E-state index is 10.4. The largest absolute Gasteiger partial charge is 0.504 e. The van der Waals surface area contributed by atoms with E-state index in [0.717, 1.165) is 11.6 Å². The number of carboxylic acids is 1. The molecule has 6 nitrogen and oxygen atoms in total. The fraction of sp³-hybridized carbons (Fsp3) is 0.100. The molecule has 1 rings (SSSR count). The predicted molar refractivity (Wildman–Crippen MR) is 54.7 cm³/mol. The fourth-order valence-corrected chi connectivity index (χ4v) is 1.26. The fourth-order valence-electron chi connectivity index (χ4n) is 1.26. The van der Waals surface area contributed by atoms with Crippen molar-refractivity contribution in [1.82, 2.24) is 0 Å². The molecule has 6 heteroatoms. The number of carbonyl (C=O) groups is 1. The lowest BCUT2D eigenvalue weighted by Gasteiger charge is -2.07. The number of phenols is 1. The minimum absolute atomic E-state index is 0.0926. The molecule has 0 aromatic heterocycles. The van der Waals surface area contributed by atoms with E-state index in [1.165, 1.54) is 25.3 Å². The molecular formula is C10H12NO5+. The van der Waals surface area contributed by atoms with E-state index in [2.05, 4.69) is 0 Å². The second kappa shape index (κ2) is 5.15. The molecule has 0 unspecified atom stereocenters. The number of hydrogen-bond donors (Lipinski definition) is 4. The maximum absolute atomic E-state index is 10.4. The third-order valence-corrected chi connectivity index (χ3v) is 1.95. The molecule has 0 spiro atoms. The van der Waals surface area contributed by atoms with Crippen LogP contribution in [0, 0.1) is 0 Å². The summed E-state index contributed by atoms with van der Waals surface area (Å²) in [5.41, 5.74) is 1.40. The van der Waals surface area contributed by atoms with Gasteiger partial charge in [-0.05, 0) is 18.2 Å². The molecule has 0 aliphatic rings. The van der Waals surface area contributed by atoms with Crippen LogP contribution in [0.4, 0.5) is 5.69 Å². The number of rotatable bonds is 4. The number of hydrogen-bond acceptors (Lipinski definition) is 4. The van der Waals surface area contributed by atoms with E-state index in [-0.39, 0.29) is 17.2 Å². The van der Waals surface area contributed by atoms with Gasteiger partial charge in [0.2, 0.25) is 11.4 Å². The highest BCUT2D eigenvalue weighted by Crippen LogP contribution is 2.34. The number of carboxylic acid groups (broad SMARTS) is 1. The standard InChI is InChI=1S/C10H11NO5/c1-16-10-7(12)4-2-6(9(10)11-15)3-5-8(13)14/h2-5,11-12,15H,1H3,(H,13,14)/p+1/b5-3+. The topological polar surface area (TPSA) is 104 Å². The van der Waals surface area contributed by atoms with Crippen molar-refractivity contribution in [2.24, 2.45) is 0 Å². The summed E-state index contributed by atoms with van der Waals surface area (Å²) in [6.07, 6.45) is 2.23. The summed E-state index contributed by atoms with van der Waals surface area (Å²) in [4.78, 5) is 10.4. The number of nitrogens with two attached hydrogens (primary N) is 1. The molecule has 5 N–H and O–H groups in total. The van der Waals surface area contributed by atoms with E-state index in [1.54, 1.807) is 0 Å². The Morgan fingerprint density at radius 1 is 1.50 bits per heavy atom. The normalized spacial score (nSPS) is 10.6. The van der Waals surface area contributed by atoms with Crippen molar-refractivity contribution in [3.63, 3.8) is 0 Å². The Balaban J connectivity index is 3.24. The molecule has 1 aromatic rings. The molecule has 0 fully saturated rings. The van der Waals surface area contributed by atoms with Gasteiger partial charge in [-0.1, -0.05) is 0 Å². The Hall–Kier alpha value is -2.05. The van der Waals surface area contributed by atoms with Gasteiger partial charge in [0, 0.05) is 11.6 Å². The summed E-state index contributed by atoms with van der Waals surface area (Å²) >= 11 is 0. The van der Waals surface area contributed by atoms with E-state index in [9.17, 15) is 9.90 Å². The van der Waals surface area contributed by atoms with Crippen molar-refractivity contribution >= 4 is 17.7 Å². The van der Waals surface area contributed by atoms with Gasteiger partial charge in [0.25, 0.3) is 0 Å². The molecule has 0 bridgehead atoms. The molecular weight excluding hydrogens is 214 g/mol. The second-order valence-corrected chi connectivity index (χ2v) is 2.92. The molecule has 1 aromatic carbocycles. The van der Waals surface area contributed by atoms with Gasteiger partial charge in [-0.3, -0.25) is 0 Å². The summed E-state index contributed by atoms with van der Waals surface area (Å²) in [6, 6.07) is 2.83. The van der Waals surface area contributed by atoms with Crippen molar-refractivity contribution < 1.29 is 30.4 Å². The first-order valence-electron chi connectivity index (χ1n) is 4.38. The molecule has 86 valence electrons. The molecule has 0 aliphatic carbocycles. The quantitative estimate of drug-likeness (QED) is 0.331. The van der Waals surface area contributed by atoms with Crippen molar-refractivity contribution in [3.8, 4) is 11.5 Å². The summed E-state index contributed by atoms with van der Waals surface area (Å²) in [5, 5.41) is 26.9. The van der Waals surface area contributed by atoms with E-state index >= 15 is 0 Å². The predicted octanol–water partition coefficient (Wildman–Crippen LogP) is 0.0827. The maximum Gasteiger partial charge on any atom is 0.328 e. The first-order valence-corrected chi connectivity index (χ1v) is 4.38. The summed E-state index contributed by atoms with van der Waals surface area (Å²) in [5.74, 6) is -1.14. The van der Waals surface area contributed by atoms with Crippen LogP contribution < -0.4 is 10.2 Å². The van der Waals surface area contributed by atoms with Crippen LogP contribution in [-0.4, -0.2) is 28.5 Å². The van der Waals surface area contributed by atoms with Crippen molar-refractivity contribution in [1.29, 1.82) is 0 Å². The molecule has 16 heavy (non-hydrogen) atoms. The van der Waals surface area contributed by atoms with Crippen LogP contribution >= 0.6 is 0 Å². The number of aromatic hydroxyl groups is 1. The van der Waals surface area contributed by atoms with Gasteiger partial charge in [0.05, 0.1) is 7.11 Å². The van der Waals surface area contributed by atoms with E-state index in [0.29, 0.717) is 5.56 Å². The van der Waals surface area contributed by atoms with Crippen LogP contribution in [0.3, 0.4) is 0 Å². The Morgan fingerprint density at radius 3 is 2.69 bits per heavy atom. The van der Waals surface area contributed by atoms with Crippen LogP contribution in [0.15, 0.2) is 18.2 Å². The Bertz CT molecular complexity index is 427. The van der Waals surface area contributed by atoms with Gasteiger partial charge in [-0.2, -0.15) is 5.48 Å². The van der Waals surface area contributed by atoms with Gasteiger partial charge in [0.15, 0.2) is 5.75 Å². The number of methoxy groups -OCH3 is 1. The zero-order valence-corrected chi connectivity index (χ0v) is 8.54. The van der Waals surface area contributed by atoms with Crippen molar-refractivity contribution in [2.75, 3.05) is 7.11 Å². The second-order valence-electron chi connectivity index (χ2n) is 2.92. The van der Waals surface area contributed by atoms with Gasteiger partial charge < -0.3 is 14.9 Å². The van der Waals surface area contributed by atoms with Crippen molar-refractivity contribution in [2.45, 2.75) is 0 Å². The average molecular weight is 226 g/mol. The zero-order valence-electron chi connectivity index (χ0n) is 8.54. The van der Waals surface area contributed by atoms with Crippen LogP contribution in [0.2, 0.25) is 0 Å². The van der Waals surface area contributed by atoms with Gasteiger partial charge in [-0.15, -0.1) is 0 Å². The summed E-state index contributed by atoms with van der Waals surface area (Å²) < 4.78 is 4.89. The highest BCUT2D eigenvalue weighted by molar-refractivity contribution is 5.87. The van der Waals surface area contributed by atoms with E-state index in [1.807, 2.05) is 0 Å². The molecule has 0 amide bonds. The average Bonchev–Trinajstić information content (AvgIpc) is 2.26. The Labute approximate surface area is 91.4 Å². The Morgan fingerprint density at radius 2 is 2.19 bits per heavy atom. The highest BCUT2D eigenvalue weighted by Gasteiger charge is 2.15. The third kappa shape index (κ3) is 2.50. The Kier molecular flexibility index (Phi) is 3.87. The van der Waals surface area contributed by atoms with Crippen LogP contribution in [0.5, 0.6) is 11.5 Å². The van der Waals surface area contributed by atoms with Gasteiger partial charge in [-0.25, -0.2) is 10.0 Å². The lowest BCUT2D eigenvalue weighted by Crippen LogP contribution is -2.74. The van der Waals surface area contributed by atoms with E-state index in [4.69, 9.17) is 15.1 Å². The molecule has 0 saturated carbocycles. The van der Waals surface area contributed by atoms with E-state index < -0.39 is 5.97 Å². The number of benzene rings is 1. The van der Waals surface area contributed by atoms with Gasteiger partial charge >= 0.3 is 5.97 Å². The minimum Gasteiger partial charge on any atom is -0.504 e. The highest BCUT2D eigenvalue weighted by atomic mass is 16.5. The number of ether oxygens (including phenoxy) is 1. The molecule has 0 saturated heterocycles. The zero-order chi connectivity index (χ0) is 12.1. The number of phenolic OH excluding ortho intramolecular Hbond substituents is 1. The van der Waals surface area contributed by atoms with Crippen molar-refractivity contribution in [3.05, 3.63) is 23.8 Å². The van der Waals surface area contributed by atoms with Crippen LogP contribution in [0.1, 0.15) is 5.56 Å². The summed E-state index contributed by atoms with van der Waals surface area (Å²) in [7, 11) is 1.34. The molecule has 0 atom stereocenters. The number of aliphatic carboxylic acids is 1. The lowest BCUT2D eigenvalue weighted by molar-refractivity contribution is -0.826. The molecule has 0 heterocycles. The monoisotopic (exact) mass is 226 g/mol. The smallest absolute Gasteiger partial charge is 0.328 e. The van der Waals surface area contributed by atoms with Gasteiger partial charge in [0.1, 0.15) is 0 Å².